The van der Waals surface area contributed by atoms with Crippen molar-refractivity contribution in [1.82, 2.24) is 5.32 Å². The quantitative estimate of drug-likeness (QED) is 0.172. The summed E-state index contributed by atoms with van der Waals surface area (Å²) in [5.41, 5.74) is 11.3. The minimum atomic E-state index is -1.39. The van der Waals surface area contributed by atoms with Crippen LogP contribution >= 0.6 is 0 Å². The first-order valence-electron chi connectivity index (χ1n) is 8.62. The second-order valence-electron chi connectivity index (χ2n) is 7.20. The molecule has 0 aromatic rings. The lowest BCUT2D eigenvalue weighted by Gasteiger charge is -2.47. The summed E-state index contributed by atoms with van der Waals surface area (Å²) in [7, 11) is 0. The monoisotopic (exact) mass is 378 g/mol. The van der Waals surface area contributed by atoms with Crippen LogP contribution in [0, 0.1) is 11.3 Å². The third kappa shape index (κ3) is 4.26. The summed E-state index contributed by atoms with van der Waals surface area (Å²) in [5, 5.41) is 60.3. The van der Waals surface area contributed by atoms with Gasteiger partial charge >= 0.3 is 0 Å². The molecule has 11 nitrogen and oxygen atoms in total. The van der Waals surface area contributed by atoms with Crippen molar-refractivity contribution in [2.45, 2.75) is 81.4 Å². The Balaban J connectivity index is 2.10. The molecule has 6 unspecified atom stereocenters. The van der Waals surface area contributed by atoms with Crippen LogP contribution < -0.4 is 16.8 Å². The molecule has 26 heavy (non-hydrogen) atoms. The van der Waals surface area contributed by atoms with Gasteiger partial charge < -0.3 is 51.8 Å². The summed E-state index contributed by atoms with van der Waals surface area (Å²) in [6.45, 7) is 3.00. The van der Waals surface area contributed by atoms with Crippen molar-refractivity contribution in [3.63, 3.8) is 0 Å². The predicted octanol–water partition coefficient (Wildman–Crippen LogP) is -3.86. The molecule has 2 fully saturated rings. The van der Waals surface area contributed by atoms with Crippen molar-refractivity contribution < 1.29 is 35.0 Å². The zero-order valence-electron chi connectivity index (χ0n) is 14.8. The van der Waals surface area contributed by atoms with E-state index in [1.54, 1.807) is 6.92 Å². The van der Waals surface area contributed by atoms with Crippen molar-refractivity contribution in [2.75, 3.05) is 0 Å². The maximum atomic E-state index is 10.4. The first kappa shape index (κ1) is 21.3. The molecule has 11 heteroatoms. The van der Waals surface area contributed by atoms with E-state index >= 15 is 0 Å². The molecule has 11 N–H and O–H groups in total. The fourth-order valence-electron chi connectivity index (χ4n) is 3.51. The van der Waals surface area contributed by atoms with Crippen LogP contribution in [0.3, 0.4) is 0 Å². The SMILES string of the molecule is CC1C(O[C@@H]2C(N)CC(NC(=N)N)[C@@H](O)C2O)OC([C@@H](C)O)[C@@H](O)[C@H]1O. The molecule has 0 radical (unpaired) electrons. The molecule has 1 saturated heterocycles. The van der Waals surface area contributed by atoms with Gasteiger partial charge in [-0.25, -0.2) is 0 Å². The molecule has 0 aromatic carbocycles. The van der Waals surface area contributed by atoms with E-state index in [9.17, 15) is 25.5 Å². The average Bonchev–Trinajstić information content (AvgIpc) is 2.55. The molecular weight excluding hydrogens is 348 g/mol. The number of nitrogens with one attached hydrogen (secondary N) is 2. The van der Waals surface area contributed by atoms with E-state index in [2.05, 4.69) is 5.32 Å². The Hall–Kier alpha value is -1.05. The Morgan fingerprint density at radius 3 is 2.35 bits per heavy atom. The minimum Gasteiger partial charge on any atom is -0.391 e. The highest BCUT2D eigenvalue weighted by atomic mass is 16.7. The largest absolute Gasteiger partial charge is 0.391 e. The molecule has 0 aromatic heterocycles. The number of ether oxygens (including phenoxy) is 2. The van der Waals surface area contributed by atoms with Gasteiger partial charge in [-0.15, -0.1) is 0 Å². The number of rotatable bonds is 4. The summed E-state index contributed by atoms with van der Waals surface area (Å²) >= 11 is 0. The van der Waals surface area contributed by atoms with Gasteiger partial charge in [-0.2, -0.15) is 0 Å². The summed E-state index contributed by atoms with van der Waals surface area (Å²) in [4.78, 5) is 0. The molecular formula is C15H30N4O7. The lowest BCUT2D eigenvalue weighted by atomic mass is 9.83. The van der Waals surface area contributed by atoms with Crippen LogP contribution in [0.25, 0.3) is 0 Å². The fourth-order valence-corrected chi connectivity index (χ4v) is 3.51. The highest BCUT2D eigenvalue weighted by Crippen LogP contribution is 2.32. The van der Waals surface area contributed by atoms with Crippen LogP contribution in [0.5, 0.6) is 0 Å². The van der Waals surface area contributed by atoms with Crippen LogP contribution in [0.15, 0.2) is 0 Å². The fraction of sp³-hybridized carbons (Fsp3) is 0.933. The second kappa shape index (κ2) is 8.31. The van der Waals surface area contributed by atoms with Crippen LogP contribution in [-0.4, -0.2) is 92.6 Å². The molecule has 1 saturated carbocycles. The molecule has 1 aliphatic carbocycles. The standard InChI is InChI=1S/C15H30N4O7/c1-4-8(21)10(23)12(5(2)20)25-14(4)26-13-6(16)3-7(19-15(17)18)9(22)11(13)24/h4-14,20-24H,3,16H2,1-2H3,(H4,17,18,19)/t4?,5-,6?,7?,8+,9-,10+,11?,12?,13-,14?/m1/s1. The maximum absolute atomic E-state index is 10.4. The Morgan fingerprint density at radius 1 is 1.19 bits per heavy atom. The Labute approximate surface area is 151 Å². The number of aliphatic hydroxyl groups excluding tert-OH is 5. The van der Waals surface area contributed by atoms with Crippen molar-refractivity contribution in [3.8, 4) is 0 Å². The maximum Gasteiger partial charge on any atom is 0.186 e. The highest BCUT2D eigenvalue weighted by Gasteiger charge is 2.49. The summed E-state index contributed by atoms with van der Waals surface area (Å²) in [6.07, 6.45) is -9.19. The molecule has 2 aliphatic rings. The third-order valence-electron chi connectivity index (χ3n) is 5.10. The van der Waals surface area contributed by atoms with Crippen molar-refractivity contribution >= 4 is 5.96 Å². The Morgan fingerprint density at radius 2 is 1.81 bits per heavy atom. The van der Waals surface area contributed by atoms with Crippen LogP contribution in [0.1, 0.15) is 20.3 Å². The van der Waals surface area contributed by atoms with E-state index in [0.29, 0.717) is 0 Å². The first-order valence-corrected chi connectivity index (χ1v) is 8.62. The van der Waals surface area contributed by atoms with Crippen LogP contribution in [-0.2, 0) is 9.47 Å². The first-order chi connectivity index (χ1) is 12.0. The van der Waals surface area contributed by atoms with E-state index in [0.717, 1.165) is 0 Å². The van der Waals surface area contributed by atoms with Gasteiger partial charge in [0.2, 0.25) is 0 Å². The summed E-state index contributed by atoms with van der Waals surface area (Å²) in [5.74, 6) is -1.02. The highest BCUT2D eigenvalue weighted by molar-refractivity contribution is 5.74. The number of hydrogen-bond acceptors (Lipinski definition) is 9. The zero-order chi connectivity index (χ0) is 19.8. The lowest BCUT2D eigenvalue weighted by molar-refractivity contribution is -0.315. The van der Waals surface area contributed by atoms with Gasteiger partial charge in [0.25, 0.3) is 0 Å². The molecule has 2 rings (SSSR count). The van der Waals surface area contributed by atoms with Gasteiger partial charge in [0.15, 0.2) is 12.2 Å². The van der Waals surface area contributed by atoms with E-state index in [4.69, 9.17) is 26.4 Å². The second-order valence-corrected chi connectivity index (χ2v) is 7.20. The topological polar surface area (TPSA) is 208 Å². The molecule has 11 atom stereocenters. The van der Waals surface area contributed by atoms with Gasteiger partial charge in [-0.3, -0.25) is 5.41 Å². The van der Waals surface area contributed by atoms with Gasteiger partial charge in [0.1, 0.15) is 30.5 Å². The third-order valence-corrected chi connectivity index (χ3v) is 5.10. The molecule has 152 valence electrons. The van der Waals surface area contributed by atoms with Gasteiger partial charge in [-0.05, 0) is 13.3 Å². The van der Waals surface area contributed by atoms with Crippen LogP contribution in [0.4, 0.5) is 0 Å². The van der Waals surface area contributed by atoms with Gasteiger partial charge in [0.05, 0.1) is 18.2 Å². The van der Waals surface area contributed by atoms with Crippen molar-refractivity contribution in [2.24, 2.45) is 17.4 Å². The van der Waals surface area contributed by atoms with E-state index in [1.807, 2.05) is 0 Å². The number of guanidine groups is 1. The van der Waals surface area contributed by atoms with E-state index in [-0.39, 0.29) is 12.4 Å². The zero-order valence-corrected chi connectivity index (χ0v) is 14.8. The van der Waals surface area contributed by atoms with Crippen LogP contribution in [0.2, 0.25) is 0 Å². The van der Waals surface area contributed by atoms with E-state index in [1.165, 1.54) is 6.92 Å². The summed E-state index contributed by atoms with van der Waals surface area (Å²) < 4.78 is 11.3. The molecule has 1 heterocycles. The Kier molecular flexibility index (Phi) is 6.80. The normalized spacial score (nSPS) is 48.0. The molecule has 0 spiro atoms. The number of aliphatic hydroxyl groups is 5. The lowest BCUT2D eigenvalue weighted by Crippen LogP contribution is -2.66. The van der Waals surface area contributed by atoms with Crippen molar-refractivity contribution in [1.29, 1.82) is 5.41 Å². The smallest absolute Gasteiger partial charge is 0.186 e. The number of nitrogens with two attached hydrogens (primary N) is 2. The number of hydrogen-bond donors (Lipinski definition) is 9. The van der Waals surface area contributed by atoms with Gasteiger partial charge in [-0.1, -0.05) is 6.92 Å². The van der Waals surface area contributed by atoms with Crippen molar-refractivity contribution in [3.05, 3.63) is 0 Å². The Bertz CT molecular complexity index is 497. The summed E-state index contributed by atoms with van der Waals surface area (Å²) in [6, 6.07) is -1.42. The molecule has 1 aliphatic heterocycles. The minimum absolute atomic E-state index is 0.175. The van der Waals surface area contributed by atoms with Gasteiger partial charge in [0, 0.05) is 12.0 Å². The molecule has 0 amide bonds. The predicted molar refractivity (Wildman–Crippen MR) is 89.8 cm³/mol. The average molecular weight is 378 g/mol. The molecule has 0 bridgehead atoms. The van der Waals surface area contributed by atoms with E-state index < -0.39 is 67.0 Å².